The maximum absolute atomic E-state index is 11.3. The minimum Gasteiger partial charge on any atom is -0.469 e. The summed E-state index contributed by atoms with van der Waals surface area (Å²) in [5.74, 6) is 0.175. The highest BCUT2D eigenvalue weighted by molar-refractivity contribution is 7.99. The van der Waals surface area contributed by atoms with Gasteiger partial charge in [-0.25, -0.2) is 4.98 Å². The maximum atomic E-state index is 11.3. The van der Waals surface area contributed by atoms with Crippen molar-refractivity contribution >= 4 is 40.1 Å². The molecule has 1 rings (SSSR count). The van der Waals surface area contributed by atoms with Crippen LogP contribution in [0, 0.1) is 0 Å². The highest BCUT2D eigenvalue weighted by atomic mass is 32.2. The van der Waals surface area contributed by atoms with E-state index < -0.39 is 0 Å². The Morgan fingerprint density at radius 2 is 2.33 bits per heavy atom. The molecule has 18 heavy (non-hydrogen) atoms. The van der Waals surface area contributed by atoms with Crippen LogP contribution >= 0.6 is 23.1 Å². The second-order valence-electron chi connectivity index (χ2n) is 3.55. The van der Waals surface area contributed by atoms with Gasteiger partial charge >= 0.3 is 5.97 Å². The topological polar surface area (TPSA) is 68.3 Å². The second-order valence-corrected chi connectivity index (χ2v) is 5.28. The predicted molar refractivity (Wildman–Crippen MR) is 74.1 cm³/mol. The molecule has 1 N–H and O–H groups in total. The van der Waals surface area contributed by atoms with Gasteiger partial charge in [-0.2, -0.15) is 11.8 Å². The molecule has 1 aromatic heterocycles. The highest BCUT2D eigenvalue weighted by Crippen LogP contribution is 2.17. The van der Waals surface area contributed by atoms with Gasteiger partial charge in [0.25, 0.3) is 0 Å². The normalized spacial score (nSPS) is 10.1. The van der Waals surface area contributed by atoms with Gasteiger partial charge in [-0.1, -0.05) is 0 Å². The first-order chi connectivity index (χ1) is 8.65. The Hall–Kier alpha value is -1.08. The van der Waals surface area contributed by atoms with Crippen molar-refractivity contribution in [2.45, 2.75) is 19.3 Å². The minimum atomic E-state index is -0.210. The van der Waals surface area contributed by atoms with Crippen molar-refractivity contribution in [3.05, 3.63) is 11.1 Å². The lowest BCUT2D eigenvalue weighted by molar-refractivity contribution is -0.140. The maximum Gasteiger partial charge on any atom is 0.305 e. The van der Waals surface area contributed by atoms with E-state index >= 15 is 0 Å². The van der Waals surface area contributed by atoms with E-state index in [1.807, 2.05) is 11.6 Å². The molecule has 0 atom stereocenters. The van der Waals surface area contributed by atoms with Crippen molar-refractivity contribution in [1.29, 1.82) is 0 Å². The summed E-state index contributed by atoms with van der Waals surface area (Å²) in [5.41, 5.74) is 0.892. The van der Waals surface area contributed by atoms with Gasteiger partial charge in [-0.05, 0) is 19.1 Å². The Kier molecular flexibility index (Phi) is 6.74. The first-order valence-electron chi connectivity index (χ1n) is 5.45. The zero-order valence-electron chi connectivity index (χ0n) is 10.4. The number of hydrogen-bond acceptors (Lipinski definition) is 6. The van der Waals surface area contributed by atoms with Gasteiger partial charge in [0.15, 0.2) is 5.13 Å². The molecule has 0 bridgehead atoms. The molecule has 1 aromatic rings. The van der Waals surface area contributed by atoms with E-state index in [2.05, 4.69) is 15.0 Å². The first-order valence-corrected chi connectivity index (χ1v) is 7.73. The third kappa shape index (κ3) is 5.50. The number of carbonyl (C=O) groups excluding carboxylic acids is 2. The Morgan fingerprint density at radius 3 is 3.00 bits per heavy atom. The molecular weight excluding hydrogens is 272 g/mol. The molecule has 0 aromatic carbocycles. The molecule has 0 aliphatic carbocycles. The van der Waals surface area contributed by atoms with Crippen molar-refractivity contribution in [2.24, 2.45) is 0 Å². The van der Waals surface area contributed by atoms with Crippen LogP contribution in [0.25, 0.3) is 0 Å². The lowest BCUT2D eigenvalue weighted by Gasteiger charge is -1.99. The van der Waals surface area contributed by atoms with Gasteiger partial charge in [0.2, 0.25) is 5.91 Å². The Morgan fingerprint density at radius 1 is 1.56 bits per heavy atom. The van der Waals surface area contributed by atoms with Crippen LogP contribution in [0.3, 0.4) is 0 Å². The number of thiazole rings is 1. The summed E-state index contributed by atoms with van der Waals surface area (Å²) in [4.78, 5) is 26.5. The van der Waals surface area contributed by atoms with Crippen LogP contribution in [0.5, 0.6) is 0 Å². The lowest BCUT2D eigenvalue weighted by atomic mass is 10.2. The monoisotopic (exact) mass is 288 g/mol. The smallest absolute Gasteiger partial charge is 0.305 e. The number of thioether (sulfide) groups is 1. The van der Waals surface area contributed by atoms with Gasteiger partial charge in [0.1, 0.15) is 0 Å². The fraction of sp³-hybridized carbons (Fsp3) is 0.545. The molecule has 5 nitrogen and oxygen atoms in total. The van der Waals surface area contributed by atoms with Gasteiger partial charge < -0.3 is 10.1 Å². The summed E-state index contributed by atoms with van der Waals surface area (Å²) in [6, 6.07) is 0. The number of hydrogen-bond donors (Lipinski definition) is 1. The molecule has 0 aliphatic rings. The number of nitrogens with zero attached hydrogens (tertiary/aromatic N) is 1. The number of ether oxygens (including phenoxy) is 1. The van der Waals surface area contributed by atoms with Crippen molar-refractivity contribution in [1.82, 2.24) is 4.98 Å². The molecule has 0 spiro atoms. The molecule has 1 heterocycles. The van der Waals surface area contributed by atoms with E-state index in [1.165, 1.54) is 30.2 Å². The van der Waals surface area contributed by atoms with Gasteiger partial charge in [-0.15, -0.1) is 11.3 Å². The van der Waals surface area contributed by atoms with Crippen LogP contribution < -0.4 is 5.32 Å². The number of nitrogens with one attached hydrogen (secondary N) is 1. The van der Waals surface area contributed by atoms with E-state index in [4.69, 9.17) is 0 Å². The van der Waals surface area contributed by atoms with Crippen LogP contribution in [0.15, 0.2) is 5.38 Å². The van der Waals surface area contributed by atoms with Crippen molar-refractivity contribution in [2.75, 3.05) is 24.4 Å². The molecule has 0 saturated carbocycles. The summed E-state index contributed by atoms with van der Waals surface area (Å²) in [7, 11) is 1.38. The molecule has 1 amide bonds. The molecule has 0 fully saturated rings. The molecule has 0 aliphatic heterocycles. The summed E-state index contributed by atoms with van der Waals surface area (Å²) in [5, 5.41) is 5.24. The number of rotatable bonds is 7. The quantitative estimate of drug-likeness (QED) is 0.777. The molecule has 0 unspecified atom stereocenters. The van der Waals surface area contributed by atoms with Crippen molar-refractivity contribution in [3.63, 3.8) is 0 Å². The highest BCUT2D eigenvalue weighted by Gasteiger charge is 2.07. The van der Waals surface area contributed by atoms with Crippen molar-refractivity contribution in [3.8, 4) is 0 Å². The number of amides is 1. The summed E-state index contributed by atoms with van der Waals surface area (Å²) in [6.07, 6.45) is 3.68. The summed E-state index contributed by atoms with van der Waals surface area (Å²) < 4.78 is 4.56. The lowest BCUT2D eigenvalue weighted by Crippen LogP contribution is -2.13. The van der Waals surface area contributed by atoms with Crippen molar-refractivity contribution < 1.29 is 14.3 Å². The largest absolute Gasteiger partial charge is 0.469 e. The molecule has 0 saturated heterocycles. The molecule has 0 radical (unpaired) electrons. The molecule has 7 heteroatoms. The van der Waals surface area contributed by atoms with Crippen LogP contribution in [0.1, 0.15) is 18.5 Å². The second kappa shape index (κ2) is 8.10. The third-order valence-electron chi connectivity index (χ3n) is 2.12. The minimum absolute atomic E-state index is 0.0436. The zero-order valence-corrected chi connectivity index (χ0v) is 12.0. The number of carbonyl (C=O) groups is 2. The molecule has 100 valence electrons. The summed E-state index contributed by atoms with van der Waals surface area (Å²) in [6.45, 7) is 0. The third-order valence-corrected chi connectivity index (χ3v) is 3.47. The molecular formula is C11H16N2O3S2. The van der Waals surface area contributed by atoms with Crippen LogP contribution in [0.2, 0.25) is 0 Å². The van der Waals surface area contributed by atoms with E-state index in [0.717, 1.165) is 5.69 Å². The Balaban J connectivity index is 2.34. The van der Waals surface area contributed by atoms with E-state index in [0.29, 0.717) is 30.1 Å². The fourth-order valence-corrected chi connectivity index (χ4v) is 2.38. The van der Waals surface area contributed by atoms with Gasteiger partial charge in [0, 0.05) is 11.8 Å². The van der Waals surface area contributed by atoms with E-state index in [-0.39, 0.29) is 11.9 Å². The average Bonchev–Trinajstić information content (AvgIpc) is 2.76. The first kappa shape index (κ1) is 15.0. The standard InChI is InChI=1S/C11H16N2O3S2/c1-16-10(15)5-3-4-8-6-18-11(12-8)13-9(14)7-17-2/h6H,3-5,7H2,1-2H3,(H,12,13,14). The van der Waals surface area contributed by atoms with Crippen LogP contribution in [-0.2, 0) is 20.7 Å². The van der Waals surface area contributed by atoms with E-state index in [9.17, 15) is 9.59 Å². The predicted octanol–water partition coefficient (Wildman–Crippen LogP) is 1.94. The number of methoxy groups -OCH3 is 1. The zero-order chi connectivity index (χ0) is 13.4. The number of esters is 1. The SMILES string of the molecule is COC(=O)CCCc1csc(NC(=O)CSC)n1. The Labute approximate surface area is 114 Å². The van der Waals surface area contributed by atoms with Crippen LogP contribution in [-0.4, -0.2) is 36.0 Å². The number of aromatic nitrogens is 1. The Bertz CT molecular complexity index is 407. The fourth-order valence-electron chi connectivity index (χ4n) is 1.28. The van der Waals surface area contributed by atoms with Crippen LogP contribution in [0.4, 0.5) is 5.13 Å². The number of aryl methyl sites for hydroxylation is 1. The van der Waals surface area contributed by atoms with Gasteiger partial charge in [-0.3, -0.25) is 9.59 Å². The van der Waals surface area contributed by atoms with Gasteiger partial charge in [0.05, 0.1) is 18.6 Å². The number of anilines is 1. The summed E-state index contributed by atoms with van der Waals surface area (Å²) >= 11 is 2.87. The van der Waals surface area contributed by atoms with E-state index in [1.54, 1.807) is 0 Å². The average molecular weight is 288 g/mol.